The van der Waals surface area contributed by atoms with Crippen molar-refractivity contribution < 1.29 is 13.2 Å². The van der Waals surface area contributed by atoms with Crippen molar-refractivity contribution in [1.82, 2.24) is 9.97 Å². The van der Waals surface area contributed by atoms with E-state index >= 15 is 0 Å². The highest BCUT2D eigenvalue weighted by Gasteiger charge is 2.35. The molecule has 2 atom stereocenters. The Labute approximate surface area is 109 Å². The van der Waals surface area contributed by atoms with Crippen LogP contribution in [-0.2, 0) is 6.18 Å². The Hall–Kier alpha value is -1.04. The fraction of sp³-hybridized carbons (Fsp3) is 0.636. The molecule has 0 aromatic carbocycles. The molecule has 0 saturated carbocycles. The van der Waals surface area contributed by atoms with E-state index in [1.165, 1.54) is 6.07 Å². The number of hydrogen-bond acceptors (Lipinski definition) is 3. The molecule has 3 nitrogen and oxygen atoms in total. The lowest BCUT2D eigenvalue weighted by Gasteiger charge is -2.20. The Morgan fingerprint density at radius 1 is 1.33 bits per heavy atom. The summed E-state index contributed by atoms with van der Waals surface area (Å²) in [5.74, 6) is -0.822. The first-order chi connectivity index (χ1) is 8.24. The highest BCUT2D eigenvalue weighted by atomic mass is 35.5. The van der Waals surface area contributed by atoms with E-state index in [0.29, 0.717) is 5.92 Å². The number of halogens is 4. The van der Waals surface area contributed by atoms with Gasteiger partial charge in [0.2, 0.25) is 5.82 Å². The standard InChI is InChI=1S/C11H15ClF3N3/c1-4-6(2)7(3)16-9-5-8(12)17-10(18-9)11(13,14)15/h5-7H,4H2,1-3H3,(H,16,17,18). The first kappa shape index (κ1) is 15.0. The second-order valence-electron chi connectivity index (χ2n) is 4.22. The van der Waals surface area contributed by atoms with Crippen molar-refractivity contribution in [3.8, 4) is 0 Å². The second kappa shape index (κ2) is 5.73. The maximum absolute atomic E-state index is 12.5. The molecule has 1 aromatic heterocycles. The van der Waals surface area contributed by atoms with Crippen molar-refractivity contribution in [3.05, 3.63) is 17.0 Å². The summed E-state index contributed by atoms with van der Waals surface area (Å²) in [5.41, 5.74) is 0. The van der Waals surface area contributed by atoms with E-state index in [2.05, 4.69) is 15.3 Å². The maximum atomic E-state index is 12.5. The molecule has 0 aliphatic rings. The summed E-state index contributed by atoms with van der Waals surface area (Å²) in [5, 5.41) is 2.68. The lowest BCUT2D eigenvalue weighted by Crippen LogP contribution is -2.24. The molecule has 1 rings (SSSR count). The Kier molecular flexibility index (Phi) is 4.78. The zero-order valence-electron chi connectivity index (χ0n) is 10.3. The van der Waals surface area contributed by atoms with Crippen LogP contribution in [0.15, 0.2) is 6.07 Å². The van der Waals surface area contributed by atoms with Crippen molar-refractivity contribution in [2.75, 3.05) is 5.32 Å². The van der Waals surface area contributed by atoms with Crippen LogP contribution < -0.4 is 5.32 Å². The van der Waals surface area contributed by atoms with Gasteiger partial charge in [-0.25, -0.2) is 9.97 Å². The lowest BCUT2D eigenvalue weighted by atomic mass is 10.0. The summed E-state index contributed by atoms with van der Waals surface area (Å²) in [6, 6.07) is 1.29. The molecule has 1 aromatic rings. The Morgan fingerprint density at radius 2 is 1.94 bits per heavy atom. The van der Waals surface area contributed by atoms with Gasteiger partial charge in [0.05, 0.1) is 0 Å². The van der Waals surface area contributed by atoms with E-state index in [1.807, 2.05) is 20.8 Å². The first-order valence-corrected chi connectivity index (χ1v) is 6.00. The van der Waals surface area contributed by atoms with Crippen LogP contribution in [0.4, 0.5) is 19.0 Å². The summed E-state index contributed by atoms with van der Waals surface area (Å²) < 4.78 is 37.5. The summed E-state index contributed by atoms with van der Waals surface area (Å²) >= 11 is 5.56. The molecule has 18 heavy (non-hydrogen) atoms. The molecule has 0 aliphatic heterocycles. The number of alkyl halides is 3. The van der Waals surface area contributed by atoms with Gasteiger partial charge in [-0.05, 0) is 12.8 Å². The molecule has 0 fully saturated rings. The van der Waals surface area contributed by atoms with Crippen LogP contribution in [0, 0.1) is 5.92 Å². The van der Waals surface area contributed by atoms with Gasteiger partial charge in [-0.2, -0.15) is 13.2 Å². The largest absolute Gasteiger partial charge is 0.451 e. The average Bonchev–Trinajstić information content (AvgIpc) is 2.25. The van der Waals surface area contributed by atoms with Crippen LogP contribution in [0.5, 0.6) is 0 Å². The fourth-order valence-corrected chi connectivity index (χ4v) is 1.53. The monoisotopic (exact) mass is 281 g/mol. The van der Waals surface area contributed by atoms with Gasteiger partial charge in [0.15, 0.2) is 0 Å². The van der Waals surface area contributed by atoms with Gasteiger partial charge in [0.25, 0.3) is 0 Å². The van der Waals surface area contributed by atoms with Crippen molar-refractivity contribution in [2.45, 2.75) is 39.4 Å². The van der Waals surface area contributed by atoms with E-state index in [9.17, 15) is 13.2 Å². The van der Waals surface area contributed by atoms with Gasteiger partial charge in [0, 0.05) is 12.1 Å². The zero-order chi connectivity index (χ0) is 13.9. The SMILES string of the molecule is CCC(C)C(C)Nc1cc(Cl)nc(C(F)(F)F)n1. The molecule has 0 radical (unpaired) electrons. The molecule has 2 unspecified atom stereocenters. The predicted molar refractivity (Wildman–Crippen MR) is 64.6 cm³/mol. The number of rotatable bonds is 4. The normalized spacial score (nSPS) is 15.3. The number of nitrogens with zero attached hydrogens (tertiary/aromatic N) is 2. The third-order valence-electron chi connectivity index (χ3n) is 2.82. The van der Waals surface area contributed by atoms with E-state index in [4.69, 9.17) is 11.6 Å². The van der Waals surface area contributed by atoms with Gasteiger partial charge in [0.1, 0.15) is 11.0 Å². The summed E-state index contributed by atoms with van der Waals surface area (Å²) in [6.07, 6.45) is -3.68. The number of aromatic nitrogens is 2. The second-order valence-corrected chi connectivity index (χ2v) is 4.60. The third kappa shape index (κ3) is 4.01. The molecule has 7 heteroatoms. The quantitative estimate of drug-likeness (QED) is 0.848. The molecule has 102 valence electrons. The van der Waals surface area contributed by atoms with E-state index in [1.54, 1.807) is 0 Å². The minimum Gasteiger partial charge on any atom is -0.367 e. The molecular formula is C11H15ClF3N3. The molecule has 0 saturated heterocycles. The van der Waals surface area contributed by atoms with Gasteiger partial charge >= 0.3 is 6.18 Å². The lowest BCUT2D eigenvalue weighted by molar-refractivity contribution is -0.144. The molecule has 1 N–H and O–H groups in total. The summed E-state index contributed by atoms with van der Waals surface area (Å²) in [4.78, 5) is 6.60. The van der Waals surface area contributed by atoms with Crippen molar-refractivity contribution in [3.63, 3.8) is 0 Å². The first-order valence-electron chi connectivity index (χ1n) is 5.62. The van der Waals surface area contributed by atoms with E-state index in [-0.39, 0.29) is 17.0 Å². The number of hydrogen-bond donors (Lipinski definition) is 1. The number of anilines is 1. The van der Waals surface area contributed by atoms with Crippen LogP contribution in [-0.4, -0.2) is 16.0 Å². The van der Waals surface area contributed by atoms with Crippen molar-refractivity contribution >= 4 is 17.4 Å². The summed E-state index contributed by atoms with van der Waals surface area (Å²) in [6.45, 7) is 5.90. The molecule has 1 heterocycles. The zero-order valence-corrected chi connectivity index (χ0v) is 11.1. The van der Waals surface area contributed by atoms with Gasteiger partial charge in [-0.3, -0.25) is 0 Å². The minimum atomic E-state index is -4.60. The molecule has 0 aliphatic carbocycles. The highest BCUT2D eigenvalue weighted by molar-refractivity contribution is 6.29. The third-order valence-corrected chi connectivity index (χ3v) is 3.02. The molecule has 0 amide bonds. The van der Waals surface area contributed by atoms with Crippen LogP contribution in [0.25, 0.3) is 0 Å². The van der Waals surface area contributed by atoms with Crippen LogP contribution >= 0.6 is 11.6 Å². The molecule has 0 bridgehead atoms. The maximum Gasteiger partial charge on any atom is 0.451 e. The van der Waals surface area contributed by atoms with Crippen molar-refractivity contribution in [1.29, 1.82) is 0 Å². The Morgan fingerprint density at radius 3 is 2.44 bits per heavy atom. The van der Waals surface area contributed by atoms with E-state index < -0.39 is 12.0 Å². The van der Waals surface area contributed by atoms with Gasteiger partial charge in [-0.1, -0.05) is 31.9 Å². The van der Waals surface area contributed by atoms with Crippen LogP contribution in [0.1, 0.15) is 33.0 Å². The topological polar surface area (TPSA) is 37.8 Å². The fourth-order valence-electron chi connectivity index (χ4n) is 1.35. The van der Waals surface area contributed by atoms with Crippen molar-refractivity contribution in [2.24, 2.45) is 5.92 Å². The molecular weight excluding hydrogens is 267 g/mol. The highest BCUT2D eigenvalue weighted by Crippen LogP contribution is 2.28. The minimum absolute atomic E-state index is 0.00190. The Balaban J connectivity index is 2.94. The Bertz CT molecular complexity index is 409. The van der Waals surface area contributed by atoms with Crippen LogP contribution in [0.2, 0.25) is 5.15 Å². The van der Waals surface area contributed by atoms with Gasteiger partial charge in [-0.15, -0.1) is 0 Å². The summed E-state index contributed by atoms with van der Waals surface area (Å²) in [7, 11) is 0. The predicted octanol–water partition coefficient (Wildman–Crippen LogP) is 4.00. The van der Waals surface area contributed by atoms with Crippen LogP contribution in [0.3, 0.4) is 0 Å². The molecule has 0 spiro atoms. The van der Waals surface area contributed by atoms with Gasteiger partial charge < -0.3 is 5.32 Å². The van der Waals surface area contributed by atoms with E-state index in [0.717, 1.165) is 6.42 Å². The number of nitrogens with one attached hydrogen (secondary N) is 1. The average molecular weight is 282 g/mol. The smallest absolute Gasteiger partial charge is 0.367 e.